The fourth-order valence-electron chi connectivity index (χ4n) is 1.04. The van der Waals surface area contributed by atoms with Gasteiger partial charge in [0.1, 0.15) is 6.61 Å². The molecule has 0 aromatic heterocycles. The predicted molar refractivity (Wildman–Crippen MR) is 60.9 cm³/mol. The Morgan fingerprint density at radius 3 is 2.87 bits per heavy atom. The van der Waals surface area contributed by atoms with Gasteiger partial charge in [0.2, 0.25) is 0 Å². The summed E-state index contributed by atoms with van der Waals surface area (Å²) in [6.45, 7) is 3.26. The number of hydrogen-bond acceptors (Lipinski definition) is 3. The molecule has 1 aromatic carbocycles. The molecule has 0 spiro atoms. The Morgan fingerprint density at radius 1 is 1.40 bits per heavy atom. The third-order valence-corrected chi connectivity index (χ3v) is 2.22. The van der Waals surface area contributed by atoms with Gasteiger partial charge in [0.05, 0.1) is 12.2 Å². The highest BCUT2D eigenvalue weighted by Gasteiger charge is 2.06. The fourth-order valence-corrected chi connectivity index (χ4v) is 1.44. The van der Waals surface area contributed by atoms with E-state index in [0.29, 0.717) is 25.4 Å². The van der Waals surface area contributed by atoms with E-state index in [-0.39, 0.29) is 5.97 Å². The Hall–Kier alpha value is -0.870. The van der Waals surface area contributed by atoms with E-state index in [0.717, 1.165) is 4.47 Å². The molecule has 0 aliphatic heterocycles. The van der Waals surface area contributed by atoms with Gasteiger partial charge in [-0.05, 0) is 25.1 Å². The summed E-state index contributed by atoms with van der Waals surface area (Å²) in [6.07, 6.45) is 0. The second kappa shape index (κ2) is 6.58. The lowest BCUT2D eigenvalue weighted by molar-refractivity contribution is 0.0335. The maximum Gasteiger partial charge on any atom is 0.338 e. The summed E-state index contributed by atoms with van der Waals surface area (Å²) in [4.78, 5) is 11.5. The number of hydrogen-bond donors (Lipinski definition) is 0. The average molecular weight is 273 g/mol. The van der Waals surface area contributed by atoms with Crippen LogP contribution in [0.5, 0.6) is 0 Å². The van der Waals surface area contributed by atoms with E-state index >= 15 is 0 Å². The van der Waals surface area contributed by atoms with Gasteiger partial charge in [0.15, 0.2) is 0 Å². The average Bonchev–Trinajstić information content (AvgIpc) is 2.24. The van der Waals surface area contributed by atoms with Crippen molar-refractivity contribution >= 4 is 21.9 Å². The van der Waals surface area contributed by atoms with Crippen molar-refractivity contribution in [3.05, 3.63) is 34.3 Å². The van der Waals surface area contributed by atoms with Crippen LogP contribution in [0.2, 0.25) is 0 Å². The first-order valence-corrected chi connectivity index (χ1v) is 5.53. The maximum absolute atomic E-state index is 11.5. The molecule has 0 saturated heterocycles. The van der Waals surface area contributed by atoms with Crippen LogP contribution in [0.25, 0.3) is 0 Å². The highest BCUT2D eigenvalue weighted by Crippen LogP contribution is 2.12. The number of ether oxygens (including phenoxy) is 2. The minimum atomic E-state index is -0.323. The minimum Gasteiger partial charge on any atom is -0.460 e. The van der Waals surface area contributed by atoms with E-state index < -0.39 is 0 Å². The second-order valence-electron chi connectivity index (χ2n) is 2.84. The van der Waals surface area contributed by atoms with Crippen LogP contribution in [0.3, 0.4) is 0 Å². The largest absolute Gasteiger partial charge is 0.460 e. The molecule has 0 radical (unpaired) electrons. The van der Waals surface area contributed by atoms with Crippen molar-refractivity contribution in [2.24, 2.45) is 0 Å². The van der Waals surface area contributed by atoms with Crippen LogP contribution in [-0.4, -0.2) is 25.8 Å². The van der Waals surface area contributed by atoms with E-state index in [9.17, 15) is 4.79 Å². The zero-order chi connectivity index (χ0) is 11.1. The number of rotatable bonds is 5. The van der Waals surface area contributed by atoms with E-state index in [1.165, 1.54) is 0 Å². The van der Waals surface area contributed by atoms with Crippen molar-refractivity contribution in [2.45, 2.75) is 6.92 Å². The number of halogens is 1. The molecule has 1 aromatic rings. The van der Waals surface area contributed by atoms with Crippen LogP contribution in [0.15, 0.2) is 28.7 Å². The number of carbonyl (C=O) groups is 1. The minimum absolute atomic E-state index is 0.291. The first-order valence-electron chi connectivity index (χ1n) is 4.74. The molecule has 0 amide bonds. The molecule has 0 unspecified atom stereocenters. The molecular formula is C11H13BrO3. The summed E-state index contributed by atoms with van der Waals surface area (Å²) in [6, 6.07) is 7.09. The Labute approximate surface area is 97.5 Å². The van der Waals surface area contributed by atoms with E-state index in [1.54, 1.807) is 18.2 Å². The SMILES string of the molecule is CCOCCOC(=O)c1cccc(Br)c1. The summed E-state index contributed by atoms with van der Waals surface area (Å²) < 4.78 is 10.9. The Kier molecular flexibility index (Phi) is 5.36. The molecule has 0 saturated carbocycles. The third kappa shape index (κ3) is 4.44. The van der Waals surface area contributed by atoms with Gasteiger partial charge in [-0.15, -0.1) is 0 Å². The topological polar surface area (TPSA) is 35.5 Å². The van der Waals surface area contributed by atoms with Crippen LogP contribution in [-0.2, 0) is 9.47 Å². The van der Waals surface area contributed by atoms with Gasteiger partial charge in [-0.3, -0.25) is 0 Å². The van der Waals surface area contributed by atoms with Gasteiger partial charge >= 0.3 is 5.97 Å². The van der Waals surface area contributed by atoms with E-state index in [1.807, 2.05) is 13.0 Å². The van der Waals surface area contributed by atoms with Crippen molar-refractivity contribution in [2.75, 3.05) is 19.8 Å². The number of carbonyl (C=O) groups excluding carboxylic acids is 1. The molecule has 3 nitrogen and oxygen atoms in total. The maximum atomic E-state index is 11.5. The molecule has 0 heterocycles. The molecular weight excluding hydrogens is 260 g/mol. The lowest BCUT2D eigenvalue weighted by Crippen LogP contribution is -2.10. The first-order chi connectivity index (χ1) is 7.24. The zero-order valence-electron chi connectivity index (χ0n) is 8.53. The van der Waals surface area contributed by atoms with Crippen molar-refractivity contribution < 1.29 is 14.3 Å². The zero-order valence-corrected chi connectivity index (χ0v) is 10.1. The van der Waals surface area contributed by atoms with Crippen LogP contribution in [0.1, 0.15) is 17.3 Å². The molecule has 0 bridgehead atoms. The van der Waals surface area contributed by atoms with Gasteiger partial charge in [-0.25, -0.2) is 4.79 Å². The lowest BCUT2D eigenvalue weighted by Gasteiger charge is -2.04. The third-order valence-electron chi connectivity index (χ3n) is 1.73. The Balaban J connectivity index is 2.40. The summed E-state index contributed by atoms with van der Waals surface area (Å²) in [7, 11) is 0. The number of esters is 1. The molecule has 82 valence electrons. The summed E-state index contributed by atoms with van der Waals surface area (Å²) >= 11 is 3.29. The molecule has 0 fully saturated rings. The van der Waals surface area contributed by atoms with E-state index in [2.05, 4.69) is 15.9 Å². The molecule has 1 rings (SSSR count). The smallest absolute Gasteiger partial charge is 0.338 e. The highest BCUT2D eigenvalue weighted by atomic mass is 79.9. The van der Waals surface area contributed by atoms with Gasteiger partial charge in [-0.1, -0.05) is 22.0 Å². The summed E-state index contributed by atoms with van der Waals surface area (Å²) in [5, 5.41) is 0. The second-order valence-corrected chi connectivity index (χ2v) is 3.76. The van der Waals surface area contributed by atoms with Crippen LogP contribution in [0, 0.1) is 0 Å². The predicted octanol–water partition coefficient (Wildman–Crippen LogP) is 2.64. The number of benzene rings is 1. The standard InChI is InChI=1S/C11H13BrO3/c1-2-14-6-7-15-11(13)9-4-3-5-10(12)8-9/h3-5,8H,2,6-7H2,1H3. The first kappa shape index (κ1) is 12.2. The van der Waals surface area contributed by atoms with Gasteiger partial charge in [0, 0.05) is 11.1 Å². The lowest BCUT2D eigenvalue weighted by atomic mass is 10.2. The summed E-state index contributed by atoms with van der Waals surface area (Å²) in [5.74, 6) is -0.323. The van der Waals surface area contributed by atoms with Crippen LogP contribution >= 0.6 is 15.9 Å². The van der Waals surface area contributed by atoms with Crippen LogP contribution in [0.4, 0.5) is 0 Å². The Bertz CT molecular complexity index is 325. The summed E-state index contributed by atoms with van der Waals surface area (Å²) in [5.41, 5.74) is 0.542. The van der Waals surface area contributed by atoms with Gasteiger partial charge < -0.3 is 9.47 Å². The van der Waals surface area contributed by atoms with Gasteiger partial charge in [-0.2, -0.15) is 0 Å². The van der Waals surface area contributed by atoms with E-state index in [4.69, 9.17) is 9.47 Å². The monoisotopic (exact) mass is 272 g/mol. The van der Waals surface area contributed by atoms with Crippen molar-refractivity contribution in [1.29, 1.82) is 0 Å². The molecule has 0 aliphatic rings. The van der Waals surface area contributed by atoms with Crippen molar-refractivity contribution in [1.82, 2.24) is 0 Å². The Morgan fingerprint density at radius 2 is 2.20 bits per heavy atom. The van der Waals surface area contributed by atoms with Crippen LogP contribution < -0.4 is 0 Å². The van der Waals surface area contributed by atoms with Gasteiger partial charge in [0.25, 0.3) is 0 Å². The molecule has 0 N–H and O–H groups in total. The molecule has 15 heavy (non-hydrogen) atoms. The molecule has 0 aliphatic carbocycles. The van der Waals surface area contributed by atoms with Crippen molar-refractivity contribution in [3.8, 4) is 0 Å². The fraction of sp³-hybridized carbons (Fsp3) is 0.364. The normalized spacial score (nSPS) is 10.0. The highest BCUT2D eigenvalue weighted by molar-refractivity contribution is 9.10. The quantitative estimate of drug-likeness (QED) is 0.611. The molecule has 0 atom stereocenters. The molecule has 4 heteroatoms. The van der Waals surface area contributed by atoms with Crippen molar-refractivity contribution in [3.63, 3.8) is 0 Å².